The molecule has 4 aromatic heterocycles. The Hall–Kier alpha value is -3.22. The maximum absolute atomic E-state index is 13.3. The van der Waals surface area contributed by atoms with E-state index in [1.165, 1.54) is 0 Å². The molecule has 0 saturated heterocycles. The van der Waals surface area contributed by atoms with E-state index >= 15 is 0 Å². The molecule has 7 nitrogen and oxygen atoms in total. The van der Waals surface area contributed by atoms with E-state index in [2.05, 4.69) is 30.0 Å². The summed E-state index contributed by atoms with van der Waals surface area (Å²) in [7, 11) is 1.78. The summed E-state index contributed by atoms with van der Waals surface area (Å²) in [6.45, 7) is 8.25. The minimum Gasteiger partial charge on any atom is -0.292 e. The zero-order valence-corrected chi connectivity index (χ0v) is 17.5. The molecule has 0 saturated carbocycles. The highest BCUT2D eigenvalue weighted by Crippen LogP contribution is 2.29. The lowest BCUT2D eigenvalue weighted by Gasteiger charge is -2.14. The fourth-order valence-electron chi connectivity index (χ4n) is 4.00. The van der Waals surface area contributed by atoms with Crippen molar-refractivity contribution in [2.45, 2.75) is 46.5 Å². The molecule has 4 aromatic rings. The lowest BCUT2D eigenvalue weighted by atomic mass is 9.95. The summed E-state index contributed by atoms with van der Waals surface area (Å²) in [4.78, 5) is 18.0. The zero-order chi connectivity index (χ0) is 20.7. The molecule has 0 aliphatic carbocycles. The van der Waals surface area contributed by atoms with Crippen LogP contribution in [-0.4, -0.2) is 28.9 Å². The molecule has 7 heteroatoms. The summed E-state index contributed by atoms with van der Waals surface area (Å²) in [5.74, 6) is 1.70. The first-order chi connectivity index (χ1) is 14.0. The molecule has 150 valence electrons. The van der Waals surface area contributed by atoms with E-state index in [1.807, 2.05) is 38.2 Å². The maximum atomic E-state index is 13.3. The fourth-order valence-corrected chi connectivity index (χ4v) is 4.00. The van der Waals surface area contributed by atoms with Crippen LogP contribution in [0.2, 0.25) is 0 Å². The topological polar surface area (TPSA) is 70.0 Å². The molecule has 4 heterocycles. The van der Waals surface area contributed by atoms with Gasteiger partial charge in [0.1, 0.15) is 5.52 Å². The summed E-state index contributed by atoms with van der Waals surface area (Å²) >= 11 is 0. The van der Waals surface area contributed by atoms with Crippen LogP contribution in [0, 0.1) is 13.8 Å². The third kappa shape index (κ3) is 3.06. The predicted molar refractivity (Wildman–Crippen MR) is 114 cm³/mol. The SMILES string of the molecule is CCC(CC)c1cc(C)n2nc(-c3ccc(-n4cccn4)nc3C)n(C)c(=O)c12. The molecule has 0 aromatic carbocycles. The van der Waals surface area contributed by atoms with Crippen molar-refractivity contribution in [2.24, 2.45) is 7.05 Å². The van der Waals surface area contributed by atoms with Gasteiger partial charge in [0.05, 0.1) is 5.69 Å². The van der Waals surface area contributed by atoms with E-state index in [0.29, 0.717) is 17.3 Å². The molecule has 0 amide bonds. The molecule has 0 N–H and O–H groups in total. The van der Waals surface area contributed by atoms with Crippen molar-refractivity contribution in [3.05, 3.63) is 64.0 Å². The second-order valence-electron chi connectivity index (χ2n) is 7.46. The first kappa shape index (κ1) is 19.1. The van der Waals surface area contributed by atoms with Crippen molar-refractivity contribution in [1.29, 1.82) is 0 Å². The van der Waals surface area contributed by atoms with Crippen molar-refractivity contribution in [2.75, 3.05) is 0 Å². The molecule has 0 unspecified atom stereocenters. The van der Waals surface area contributed by atoms with E-state index in [9.17, 15) is 4.79 Å². The molecule has 0 atom stereocenters. The largest absolute Gasteiger partial charge is 0.292 e. The highest BCUT2D eigenvalue weighted by molar-refractivity contribution is 5.63. The van der Waals surface area contributed by atoms with Crippen molar-refractivity contribution in [3.63, 3.8) is 0 Å². The Morgan fingerprint density at radius 3 is 2.52 bits per heavy atom. The van der Waals surface area contributed by atoms with Crippen LogP contribution in [0.4, 0.5) is 0 Å². The number of nitrogens with zero attached hydrogens (tertiary/aromatic N) is 6. The average Bonchev–Trinajstić information content (AvgIpc) is 3.35. The first-order valence-corrected chi connectivity index (χ1v) is 10.0. The molecule has 0 aliphatic rings. The van der Waals surface area contributed by atoms with Crippen molar-refractivity contribution in [1.82, 2.24) is 28.9 Å². The van der Waals surface area contributed by atoms with Crippen LogP contribution in [0.5, 0.6) is 0 Å². The summed E-state index contributed by atoms with van der Waals surface area (Å²) in [6.07, 6.45) is 5.57. The first-order valence-electron chi connectivity index (χ1n) is 10.0. The quantitative estimate of drug-likeness (QED) is 0.520. The zero-order valence-electron chi connectivity index (χ0n) is 17.5. The third-order valence-corrected chi connectivity index (χ3v) is 5.68. The van der Waals surface area contributed by atoms with E-state index in [4.69, 9.17) is 5.10 Å². The van der Waals surface area contributed by atoms with E-state index in [0.717, 1.165) is 41.2 Å². The van der Waals surface area contributed by atoms with Gasteiger partial charge in [0.15, 0.2) is 11.6 Å². The highest BCUT2D eigenvalue weighted by Gasteiger charge is 2.21. The molecule has 0 spiro atoms. The monoisotopic (exact) mass is 390 g/mol. The molecule has 0 bridgehead atoms. The van der Waals surface area contributed by atoms with Crippen molar-refractivity contribution < 1.29 is 0 Å². The maximum Gasteiger partial charge on any atom is 0.278 e. The van der Waals surface area contributed by atoms with Crippen LogP contribution >= 0.6 is 0 Å². The Balaban J connectivity index is 1.91. The normalized spacial score (nSPS) is 11.7. The van der Waals surface area contributed by atoms with E-state index in [-0.39, 0.29) is 5.56 Å². The van der Waals surface area contributed by atoms with Gasteiger partial charge in [-0.15, -0.1) is 5.10 Å². The average molecular weight is 390 g/mol. The van der Waals surface area contributed by atoms with Crippen LogP contribution < -0.4 is 5.56 Å². The summed E-state index contributed by atoms with van der Waals surface area (Å²) < 4.78 is 5.15. The minimum absolute atomic E-state index is 0.0273. The lowest BCUT2D eigenvalue weighted by molar-refractivity contribution is 0.644. The Morgan fingerprint density at radius 1 is 1.14 bits per heavy atom. The van der Waals surface area contributed by atoms with Gasteiger partial charge in [0.2, 0.25) is 0 Å². The van der Waals surface area contributed by atoms with Gasteiger partial charge in [0, 0.05) is 30.7 Å². The Kier molecular flexibility index (Phi) is 4.82. The summed E-state index contributed by atoms with van der Waals surface area (Å²) in [6, 6.07) is 7.81. The Bertz CT molecular complexity index is 1230. The van der Waals surface area contributed by atoms with Gasteiger partial charge < -0.3 is 0 Å². The predicted octanol–water partition coefficient (Wildman–Crippen LogP) is 3.80. The Morgan fingerprint density at radius 2 is 1.90 bits per heavy atom. The van der Waals surface area contributed by atoms with Gasteiger partial charge in [-0.3, -0.25) is 9.36 Å². The number of aryl methyl sites for hydroxylation is 2. The van der Waals surface area contributed by atoms with E-state index < -0.39 is 0 Å². The van der Waals surface area contributed by atoms with Gasteiger partial charge in [-0.2, -0.15) is 5.10 Å². The van der Waals surface area contributed by atoms with Gasteiger partial charge >= 0.3 is 0 Å². The second-order valence-corrected chi connectivity index (χ2v) is 7.46. The third-order valence-electron chi connectivity index (χ3n) is 5.68. The fraction of sp³-hybridized carbons (Fsp3) is 0.364. The molecule has 4 rings (SSSR count). The van der Waals surface area contributed by atoms with Gasteiger partial charge in [-0.25, -0.2) is 14.2 Å². The summed E-state index contributed by atoms with van der Waals surface area (Å²) in [5, 5.41) is 9.08. The smallest absolute Gasteiger partial charge is 0.278 e. The van der Waals surface area contributed by atoms with Crippen LogP contribution in [-0.2, 0) is 7.05 Å². The lowest BCUT2D eigenvalue weighted by Crippen LogP contribution is -2.24. The van der Waals surface area contributed by atoms with Crippen molar-refractivity contribution >= 4 is 5.52 Å². The number of rotatable bonds is 5. The van der Waals surface area contributed by atoms with Crippen LogP contribution in [0.3, 0.4) is 0 Å². The van der Waals surface area contributed by atoms with Gasteiger partial charge in [0.25, 0.3) is 5.56 Å². The number of fused-ring (bicyclic) bond motifs is 1. The number of aromatic nitrogens is 6. The standard InChI is InChI=1S/C22H26N6O/c1-6-16(7-2)18-13-14(3)28-20(18)22(29)26(5)21(25-28)17-9-10-19(24-15(17)4)27-12-8-11-23-27/h8-13,16H,6-7H2,1-5H3. The molecule has 0 aliphatic heterocycles. The molecule has 0 fully saturated rings. The molecule has 29 heavy (non-hydrogen) atoms. The molecular formula is C22H26N6O. The highest BCUT2D eigenvalue weighted by atomic mass is 16.1. The van der Waals surface area contributed by atoms with Crippen LogP contribution in [0.1, 0.15) is 49.6 Å². The van der Waals surface area contributed by atoms with Crippen LogP contribution in [0.15, 0.2) is 41.5 Å². The number of hydrogen-bond acceptors (Lipinski definition) is 4. The van der Waals surface area contributed by atoms with Crippen molar-refractivity contribution in [3.8, 4) is 17.2 Å². The molecular weight excluding hydrogens is 364 g/mol. The molecule has 0 radical (unpaired) electrons. The Labute approximate surface area is 169 Å². The minimum atomic E-state index is -0.0273. The van der Waals surface area contributed by atoms with Gasteiger partial charge in [-0.1, -0.05) is 13.8 Å². The summed E-state index contributed by atoms with van der Waals surface area (Å²) in [5.41, 5.74) is 4.35. The van der Waals surface area contributed by atoms with Gasteiger partial charge in [-0.05, 0) is 62.4 Å². The van der Waals surface area contributed by atoms with Crippen LogP contribution in [0.25, 0.3) is 22.7 Å². The second kappa shape index (κ2) is 7.31. The number of hydrogen-bond donors (Lipinski definition) is 0. The number of pyridine rings is 1. The van der Waals surface area contributed by atoms with E-state index in [1.54, 1.807) is 27.0 Å².